The number of rotatable bonds is 19. The molecule has 1 atom stereocenters. The molecule has 0 aromatic heterocycles. The molecule has 1 unspecified atom stereocenters. The van der Waals surface area contributed by atoms with Crippen molar-refractivity contribution in [2.45, 2.75) is 78.1 Å². The van der Waals surface area contributed by atoms with Crippen molar-refractivity contribution in [2.75, 3.05) is 25.2 Å². The Bertz CT molecular complexity index is 912. The molecule has 0 amide bonds. The highest BCUT2D eigenvalue weighted by Gasteiger charge is 2.14. The first kappa shape index (κ1) is 30.9. The third-order valence-electron chi connectivity index (χ3n) is 6.37. The van der Waals surface area contributed by atoms with E-state index in [2.05, 4.69) is 34.1 Å². The van der Waals surface area contributed by atoms with E-state index < -0.39 is 0 Å². The molecule has 2 aromatic carbocycles. The zero-order valence-corrected chi connectivity index (χ0v) is 24.1. The van der Waals surface area contributed by atoms with Crippen molar-refractivity contribution in [1.82, 2.24) is 0 Å². The van der Waals surface area contributed by atoms with Crippen molar-refractivity contribution >= 4 is 27.9 Å². The Kier molecular flexibility index (Phi) is 15.7. The number of hydrogen-bond acceptors (Lipinski definition) is 5. The number of esters is 2. The van der Waals surface area contributed by atoms with Crippen molar-refractivity contribution in [3.05, 3.63) is 65.2 Å². The van der Waals surface area contributed by atoms with E-state index in [1.54, 1.807) is 0 Å². The molecule has 0 saturated heterocycles. The minimum Gasteiger partial charge on any atom is -0.493 e. The normalized spacial score (nSPS) is 11.6. The van der Waals surface area contributed by atoms with Gasteiger partial charge in [0.05, 0.1) is 25.4 Å². The number of benzene rings is 2. The highest BCUT2D eigenvalue weighted by Crippen LogP contribution is 2.26. The molecular formula is C31H43BrO5. The number of unbranched alkanes of at least 4 members (excludes halogenated alkanes) is 3. The quantitative estimate of drug-likeness (QED) is 0.0975. The Morgan fingerprint density at radius 2 is 1.59 bits per heavy atom. The smallest absolute Gasteiger partial charge is 0.338 e. The van der Waals surface area contributed by atoms with E-state index in [0.29, 0.717) is 31.1 Å². The molecule has 0 N–H and O–H groups in total. The lowest BCUT2D eigenvalue weighted by molar-refractivity contribution is -0.143. The standard InChI is InChI=1S/C31H43BrO5/c1-3-35-30(33)15-9-6-12-25(24-26-17-20-28(21-18-26)31(34)36-4-2)16-19-27-13-7-8-14-29(27)37-23-11-5-10-22-32/h7-8,13-14,17-18,20-21,25H,3-6,9-12,15-16,19,22-24H2,1-2H3. The molecule has 0 aliphatic heterocycles. The maximum absolute atomic E-state index is 12.0. The summed E-state index contributed by atoms with van der Waals surface area (Å²) in [5, 5.41) is 1.04. The fourth-order valence-corrected chi connectivity index (χ4v) is 4.77. The van der Waals surface area contributed by atoms with E-state index in [1.807, 2.05) is 44.2 Å². The van der Waals surface area contributed by atoms with Crippen LogP contribution in [0, 0.1) is 5.92 Å². The average molecular weight is 576 g/mol. The molecule has 0 aliphatic carbocycles. The monoisotopic (exact) mass is 574 g/mol. The second-order valence-electron chi connectivity index (χ2n) is 9.28. The van der Waals surface area contributed by atoms with Gasteiger partial charge in [-0.25, -0.2) is 4.79 Å². The van der Waals surface area contributed by atoms with Gasteiger partial charge in [-0.3, -0.25) is 4.79 Å². The van der Waals surface area contributed by atoms with Gasteiger partial charge in [-0.2, -0.15) is 0 Å². The van der Waals surface area contributed by atoms with Gasteiger partial charge in [0, 0.05) is 11.8 Å². The molecule has 2 aromatic rings. The Balaban J connectivity index is 1.99. The molecular weight excluding hydrogens is 532 g/mol. The lowest BCUT2D eigenvalue weighted by Crippen LogP contribution is -2.09. The van der Waals surface area contributed by atoms with Gasteiger partial charge >= 0.3 is 11.9 Å². The SMILES string of the molecule is CCOC(=O)CCCCC(CCc1ccccc1OCCCCCBr)Cc1ccc(C(=O)OCC)cc1. The number of alkyl halides is 1. The summed E-state index contributed by atoms with van der Waals surface area (Å²) in [7, 11) is 0. The Hall–Kier alpha value is -2.34. The van der Waals surface area contributed by atoms with Crippen LogP contribution in [0.5, 0.6) is 5.75 Å². The predicted molar refractivity (Wildman–Crippen MR) is 153 cm³/mol. The van der Waals surface area contributed by atoms with Crippen LogP contribution in [0.15, 0.2) is 48.5 Å². The second-order valence-corrected chi connectivity index (χ2v) is 10.1. The van der Waals surface area contributed by atoms with E-state index in [-0.39, 0.29) is 11.9 Å². The number of ether oxygens (including phenoxy) is 3. The first-order valence-corrected chi connectivity index (χ1v) is 14.9. The largest absolute Gasteiger partial charge is 0.493 e. The Morgan fingerprint density at radius 1 is 0.838 bits per heavy atom. The van der Waals surface area contributed by atoms with E-state index in [0.717, 1.165) is 69.1 Å². The summed E-state index contributed by atoms with van der Waals surface area (Å²) in [4.78, 5) is 23.7. The summed E-state index contributed by atoms with van der Waals surface area (Å²) >= 11 is 3.48. The Morgan fingerprint density at radius 3 is 2.32 bits per heavy atom. The molecule has 0 bridgehead atoms. The average Bonchev–Trinajstić information content (AvgIpc) is 2.90. The summed E-state index contributed by atoms with van der Waals surface area (Å²) < 4.78 is 16.3. The number of hydrogen-bond donors (Lipinski definition) is 0. The maximum atomic E-state index is 12.0. The molecule has 0 saturated carbocycles. The first-order valence-electron chi connectivity index (χ1n) is 13.8. The van der Waals surface area contributed by atoms with Crippen LogP contribution < -0.4 is 4.74 Å². The van der Waals surface area contributed by atoms with Gasteiger partial charge in [-0.15, -0.1) is 0 Å². The first-order chi connectivity index (χ1) is 18.1. The molecule has 2 rings (SSSR count). The predicted octanol–water partition coefficient (Wildman–Crippen LogP) is 7.72. The van der Waals surface area contributed by atoms with Crippen molar-refractivity contribution in [3.63, 3.8) is 0 Å². The second kappa shape index (κ2) is 18.8. The molecule has 0 heterocycles. The highest BCUT2D eigenvalue weighted by atomic mass is 79.9. The fourth-order valence-electron chi connectivity index (χ4n) is 4.37. The minimum absolute atomic E-state index is 0.115. The van der Waals surface area contributed by atoms with E-state index in [1.165, 1.54) is 17.5 Å². The van der Waals surface area contributed by atoms with Crippen molar-refractivity contribution in [2.24, 2.45) is 5.92 Å². The Labute approximate surface area is 231 Å². The molecule has 37 heavy (non-hydrogen) atoms. The van der Waals surface area contributed by atoms with E-state index in [4.69, 9.17) is 14.2 Å². The summed E-state index contributed by atoms with van der Waals surface area (Å²) in [5.74, 6) is 1.05. The summed E-state index contributed by atoms with van der Waals surface area (Å²) in [6.45, 7) is 5.20. The van der Waals surface area contributed by atoms with Gasteiger partial charge in [-0.1, -0.05) is 59.1 Å². The molecule has 6 heteroatoms. The molecule has 0 radical (unpaired) electrons. The zero-order valence-electron chi connectivity index (χ0n) is 22.5. The maximum Gasteiger partial charge on any atom is 0.338 e. The lowest BCUT2D eigenvalue weighted by Gasteiger charge is -2.19. The number of carbonyl (C=O) groups is 2. The summed E-state index contributed by atoms with van der Waals surface area (Å²) in [6, 6.07) is 16.1. The van der Waals surface area contributed by atoms with Crippen molar-refractivity contribution in [3.8, 4) is 5.75 Å². The lowest BCUT2D eigenvalue weighted by atomic mass is 9.88. The zero-order chi connectivity index (χ0) is 26.7. The third-order valence-corrected chi connectivity index (χ3v) is 6.93. The van der Waals surface area contributed by atoms with Crippen molar-refractivity contribution < 1.29 is 23.8 Å². The van der Waals surface area contributed by atoms with E-state index in [9.17, 15) is 9.59 Å². The van der Waals surface area contributed by atoms with Gasteiger partial charge in [0.1, 0.15) is 5.75 Å². The summed E-state index contributed by atoms with van der Waals surface area (Å²) in [5.41, 5.74) is 3.04. The van der Waals surface area contributed by atoms with Crippen LogP contribution in [0.25, 0.3) is 0 Å². The van der Waals surface area contributed by atoms with Crippen LogP contribution >= 0.6 is 15.9 Å². The van der Waals surface area contributed by atoms with Crippen molar-refractivity contribution in [1.29, 1.82) is 0 Å². The molecule has 0 aliphatic rings. The van der Waals surface area contributed by atoms with Gasteiger partial charge in [0.25, 0.3) is 0 Å². The van der Waals surface area contributed by atoms with Crippen LogP contribution in [-0.4, -0.2) is 37.1 Å². The number of carbonyl (C=O) groups excluding carboxylic acids is 2. The highest BCUT2D eigenvalue weighted by molar-refractivity contribution is 9.09. The van der Waals surface area contributed by atoms with Gasteiger partial charge in [0.15, 0.2) is 0 Å². The van der Waals surface area contributed by atoms with Crippen LogP contribution in [0.3, 0.4) is 0 Å². The van der Waals surface area contributed by atoms with Gasteiger partial charge in [0.2, 0.25) is 0 Å². The third kappa shape index (κ3) is 12.6. The number of para-hydroxylation sites is 1. The molecule has 0 spiro atoms. The number of halogens is 1. The topological polar surface area (TPSA) is 61.8 Å². The number of aryl methyl sites for hydroxylation is 1. The molecule has 0 fully saturated rings. The minimum atomic E-state index is -0.284. The van der Waals surface area contributed by atoms with E-state index >= 15 is 0 Å². The van der Waals surface area contributed by atoms with Crippen LogP contribution in [0.4, 0.5) is 0 Å². The van der Waals surface area contributed by atoms with Gasteiger partial charge < -0.3 is 14.2 Å². The fraction of sp³-hybridized carbons (Fsp3) is 0.548. The van der Waals surface area contributed by atoms with Gasteiger partial charge in [-0.05, 0) is 94.0 Å². The van der Waals surface area contributed by atoms with Crippen LogP contribution in [0.1, 0.15) is 86.7 Å². The van der Waals surface area contributed by atoms with Crippen LogP contribution in [-0.2, 0) is 27.1 Å². The van der Waals surface area contributed by atoms with Crippen LogP contribution in [0.2, 0.25) is 0 Å². The molecule has 5 nitrogen and oxygen atoms in total. The molecule has 204 valence electrons. The summed E-state index contributed by atoms with van der Waals surface area (Å²) in [6.07, 6.45) is 9.63.